The molecule has 0 saturated carbocycles. The van der Waals surface area contributed by atoms with Gasteiger partial charge in [-0.2, -0.15) is 0 Å². The van der Waals surface area contributed by atoms with Crippen LogP contribution in [0.4, 0.5) is 0 Å². The Morgan fingerprint density at radius 1 is 1.20 bits per heavy atom. The van der Waals surface area contributed by atoms with E-state index in [0.29, 0.717) is 16.3 Å². The number of rotatable bonds is 4. The Balaban J connectivity index is 2.25. The van der Waals surface area contributed by atoms with Crippen LogP contribution in [-0.2, 0) is 10.0 Å². The van der Waals surface area contributed by atoms with Gasteiger partial charge in [0.15, 0.2) is 0 Å². The largest absolute Gasteiger partial charge is 0.395 e. The molecule has 0 atom stereocenters. The number of carbonyl (C=O) groups excluding carboxylic acids is 1. The van der Waals surface area contributed by atoms with Crippen LogP contribution in [0.25, 0.3) is 10.8 Å². The van der Waals surface area contributed by atoms with E-state index in [0.717, 1.165) is 16.7 Å². The van der Waals surface area contributed by atoms with E-state index in [-0.39, 0.29) is 23.2 Å². The molecule has 0 amide bonds. The Hall–Kier alpha value is -1.41. The maximum absolute atomic E-state index is 12.2. The van der Waals surface area contributed by atoms with Gasteiger partial charge in [0.05, 0.1) is 11.5 Å². The second-order valence-corrected chi connectivity index (χ2v) is 7.05. The van der Waals surface area contributed by atoms with E-state index in [4.69, 9.17) is 5.11 Å². The molecule has 0 bridgehead atoms. The van der Waals surface area contributed by atoms with Crippen LogP contribution in [0, 0.1) is 0 Å². The van der Waals surface area contributed by atoms with Gasteiger partial charge in [-0.3, -0.25) is 4.79 Å². The smallest absolute Gasteiger partial charge is 0.241 e. The topological polar surface area (TPSA) is 83.5 Å². The van der Waals surface area contributed by atoms with Crippen molar-refractivity contribution in [2.45, 2.75) is 9.79 Å². The van der Waals surface area contributed by atoms with E-state index in [1.807, 2.05) is 0 Å². The van der Waals surface area contributed by atoms with E-state index in [2.05, 4.69) is 4.72 Å². The molecule has 0 aliphatic carbocycles. The van der Waals surface area contributed by atoms with Crippen molar-refractivity contribution >= 4 is 37.7 Å². The fourth-order valence-electron chi connectivity index (χ4n) is 2.25. The molecule has 3 rings (SSSR count). The fraction of sp³-hybridized carbons (Fsp3) is 0.154. The zero-order valence-electron chi connectivity index (χ0n) is 10.3. The van der Waals surface area contributed by atoms with Crippen LogP contribution in [0.1, 0.15) is 10.4 Å². The maximum Gasteiger partial charge on any atom is 0.241 e. The van der Waals surface area contributed by atoms with Crippen molar-refractivity contribution in [3.63, 3.8) is 0 Å². The fourth-order valence-corrected chi connectivity index (χ4v) is 4.41. The highest BCUT2D eigenvalue weighted by molar-refractivity contribution is 8.14. The molecule has 20 heavy (non-hydrogen) atoms. The highest BCUT2D eigenvalue weighted by Gasteiger charge is 2.26. The van der Waals surface area contributed by atoms with Crippen LogP contribution < -0.4 is 4.72 Å². The third-order valence-corrected chi connectivity index (χ3v) is 5.56. The number of carbonyl (C=O) groups is 1. The first kappa shape index (κ1) is 13.6. The normalized spacial score (nSPS) is 14.2. The van der Waals surface area contributed by atoms with E-state index >= 15 is 0 Å². The summed E-state index contributed by atoms with van der Waals surface area (Å²) in [6.07, 6.45) is 0. The molecule has 1 heterocycles. The quantitative estimate of drug-likeness (QED) is 0.891. The van der Waals surface area contributed by atoms with Gasteiger partial charge in [0.25, 0.3) is 0 Å². The second-order valence-electron chi connectivity index (χ2n) is 4.30. The lowest BCUT2D eigenvalue weighted by atomic mass is 10.1. The van der Waals surface area contributed by atoms with Crippen molar-refractivity contribution in [3.8, 4) is 0 Å². The number of hydrogen-bond donors (Lipinski definition) is 2. The summed E-state index contributed by atoms with van der Waals surface area (Å²) in [5.74, 6) is 0. The lowest BCUT2D eigenvalue weighted by Crippen LogP contribution is -2.26. The van der Waals surface area contributed by atoms with E-state index in [9.17, 15) is 13.2 Å². The number of thioether (sulfide) groups is 1. The summed E-state index contributed by atoms with van der Waals surface area (Å²) in [6, 6.07) is 8.21. The van der Waals surface area contributed by atoms with Crippen LogP contribution in [0.3, 0.4) is 0 Å². The monoisotopic (exact) mass is 309 g/mol. The molecule has 1 aliphatic rings. The number of sulfonamides is 1. The SMILES string of the molecule is O=C1Sc2ccc(S(=O)(=O)NCCO)c3cccc1c23. The van der Waals surface area contributed by atoms with Gasteiger partial charge >= 0.3 is 0 Å². The van der Waals surface area contributed by atoms with Crippen LogP contribution in [0.2, 0.25) is 0 Å². The molecule has 5 nitrogen and oxygen atoms in total. The first-order valence-electron chi connectivity index (χ1n) is 5.93. The van der Waals surface area contributed by atoms with Crippen molar-refractivity contribution < 1.29 is 18.3 Å². The third-order valence-electron chi connectivity index (χ3n) is 3.08. The average molecular weight is 309 g/mol. The van der Waals surface area contributed by atoms with Gasteiger partial charge in [-0.1, -0.05) is 12.1 Å². The summed E-state index contributed by atoms with van der Waals surface area (Å²) >= 11 is 1.11. The molecular weight excluding hydrogens is 298 g/mol. The lowest BCUT2D eigenvalue weighted by Gasteiger charge is -2.09. The summed E-state index contributed by atoms with van der Waals surface area (Å²) in [5, 5.41) is 9.90. The van der Waals surface area contributed by atoms with Gasteiger partial charge in [-0.25, -0.2) is 13.1 Å². The minimum Gasteiger partial charge on any atom is -0.395 e. The first-order valence-corrected chi connectivity index (χ1v) is 8.23. The summed E-state index contributed by atoms with van der Waals surface area (Å²) in [4.78, 5) is 12.8. The van der Waals surface area contributed by atoms with Gasteiger partial charge in [0, 0.05) is 27.8 Å². The molecule has 0 radical (unpaired) electrons. The number of hydrogen-bond acceptors (Lipinski definition) is 5. The number of aliphatic hydroxyl groups is 1. The Bertz CT molecular complexity index is 814. The van der Waals surface area contributed by atoms with Crippen molar-refractivity contribution in [3.05, 3.63) is 35.9 Å². The summed E-state index contributed by atoms with van der Waals surface area (Å²) < 4.78 is 26.7. The van der Waals surface area contributed by atoms with Crippen molar-refractivity contribution in [2.24, 2.45) is 0 Å². The molecule has 2 aromatic carbocycles. The zero-order valence-corrected chi connectivity index (χ0v) is 11.9. The van der Waals surface area contributed by atoms with Crippen LogP contribution in [0.15, 0.2) is 40.1 Å². The molecule has 0 fully saturated rings. The Labute approximate surface area is 120 Å². The Morgan fingerprint density at radius 3 is 2.75 bits per heavy atom. The molecule has 0 spiro atoms. The first-order chi connectivity index (χ1) is 9.54. The van der Waals surface area contributed by atoms with E-state index < -0.39 is 10.0 Å². The minimum atomic E-state index is -3.70. The van der Waals surface area contributed by atoms with Crippen LogP contribution in [0.5, 0.6) is 0 Å². The molecule has 7 heteroatoms. The molecule has 104 valence electrons. The number of benzene rings is 2. The summed E-state index contributed by atoms with van der Waals surface area (Å²) in [7, 11) is -3.70. The number of nitrogens with one attached hydrogen (secondary N) is 1. The van der Waals surface area contributed by atoms with Crippen molar-refractivity contribution in [2.75, 3.05) is 13.2 Å². The Morgan fingerprint density at radius 2 is 2.00 bits per heavy atom. The molecule has 0 aromatic heterocycles. The van der Waals surface area contributed by atoms with Gasteiger partial charge in [-0.15, -0.1) is 0 Å². The molecule has 0 saturated heterocycles. The average Bonchev–Trinajstić information content (AvgIpc) is 2.76. The standard InChI is InChI=1S/C13H11NO4S2/c15-7-6-14-20(17,18)11-5-4-10-12-8(11)2-1-3-9(12)13(16)19-10/h1-5,14-15H,6-7H2. The van der Waals surface area contributed by atoms with Gasteiger partial charge in [0.1, 0.15) is 0 Å². The molecular formula is C13H11NO4S2. The van der Waals surface area contributed by atoms with Crippen LogP contribution >= 0.6 is 11.8 Å². The summed E-state index contributed by atoms with van der Waals surface area (Å²) in [6.45, 7) is -0.312. The van der Waals surface area contributed by atoms with E-state index in [1.54, 1.807) is 24.3 Å². The predicted molar refractivity (Wildman–Crippen MR) is 76.4 cm³/mol. The predicted octanol–water partition coefficient (Wildman–Crippen LogP) is 1.36. The van der Waals surface area contributed by atoms with Crippen LogP contribution in [-0.4, -0.2) is 31.8 Å². The van der Waals surface area contributed by atoms with Crippen molar-refractivity contribution in [1.29, 1.82) is 0 Å². The highest BCUT2D eigenvalue weighted by atomic mass is 32.2. The Kier molecular flexibility index (Phi) is 3.29. The lowest BCUT2D eigenvalue weighted by molar-refractivity contribution is 0.109. The van der Waals surface area contributed by atoms with Gasteiger partial charge in [-0.05, 0) is 30.0 Å². The maximum atomic E-state index is 12.2. The minimum absolute atomic E-state index is 0.0427. The summed E-state index contributed by atoms with van der Waals surface area (Å²) in [5.41, 5.74) is 0.543. The second kappa shape index (κ2) is 4.85. The van der Waals surface area contributed by atoms with E-state index in [1.165, 1.54) is 6.07 Å². The molecule has 1 aliphatic heterocycles. The highest BCUT2D eigenvalue weighted by Crippen LogP contribution is 2.42. The molecule has 2 N–H and O–H groups in total. The van der Waals surface area contributed by atoms with Gasteiger partial charge < -0.3 is 5.11 Å². The third kappa shape index (κ3) is 2.03. The molecule has 2 aromatic rings. The van der Waals surface area contributed by atoms with Gasteiger partial charge in [0.2, 0.25) is 15.1 Å². The number of aliphatic hydroxyl groups excluding tert-OH is 1. The molecule has 0 unspecified atom stereocenters. The van der Waals surface area contributed by atoms with Crippen molar-refractivity contribution in [1.82, 2.24) is 4.72 Å². The zero-order chi connectivity index (χ0) is 14.3.